The van der Waals surface area contributed by atoms with Crippen LogP contribution in [0, 0.1) is 11.3 Å². The molecule has 0 aliphatic heterocycles. The standard InChI is InChI=1S/C15H11N3O/c16-9-14-13-7-6-12(8-15(13)19-18-14)17-10-11-4-2-1-3-5-11/h1-8,17H,10H2. The molecule has 0 spiro atoms. The molecule has 1 heterocycles. The van der Waals surface area contributed by atoms with Gasteiger partial charge in [0.15, 0.2) is 11.3 Å². The summed E-state index contributed by atoms with van der Waals surface area (Å²) in [7, 11) is 0. The van der Waals surface area contributed by atoms with E-state index in [-0.39, 0.29) is 0 Å². The van der Waals surface area contributed by atoms with Gasteiger partial charge < -0.3 is 9.84 Å². The number of nitrogens with zero attached hydrogens (tertiary/aromatic N) is 2. The molecular formula is C15H11N3O. The maximum atomic E-state index is 8.86. The summed E-state index contributed by atoms with van der Waals surface area (Å²) < 4.78 is 5.12. The van der Waals surface area contributed by atoms with Crippen LogP contribution in [0.3, 0.4) is 0 Å². The summed E-state index contributed by atoms with van der Waals surface area (Å²) >= 11 is 0. The summed E-state index contributed by atoms with van der Waals surface area (Å²) in [6, 6.07) is 17.8. The molecule has 1 aromatic heterocycles. The molecule has 19 heavy (non-hydrogen) atoms. The van der Waals surface area contributed by atoms with Gasteiger partial charge in [-0.3, -0.25) is 0 Å². The molecule has 0 bridgehead atoms. The lowest BCUT2D eigenvalue weighted by molar-refractivity contribution is 0.454. The Morgan fingerprint density at radius 3 is 2.79 bits per heavy atom. The van der Waals surface area contributed by atoms with Crippen molar-refractivity contribution in [3.63, 3.8) is 0 Å². The number of anilines is 1. The van der Waals surface area contributed by atoms with Crippen LogP contribution in [0.2, 0.25) is 0 Å². The number of rotatable bonds is 3. The zero-order valence-corrected chi connectivity index (χ0v) is 10.1. The van der Waals surface area contributed by atoms with Gasteiger partial charge in [-0.25, -0.2) is 0 Å². The fourth-order valence-corrected chi connectivity index (χ4v) is 1.93. The maximum absolute atomic E-state index is 8.86. The number of nitriles is 1. The quantitative estimate of drug-likeness (QED) is 0.773. The Kier molecular flexibility index (Phi) is 2.87. The number of hydrogen-bond donors (Lipinski definition) is 1. The zero-order chi connectivity index (χ0) is 13.1. The Bertz CT molecular complexity index is 741. The molecule has 0 aliphatic rings. The van der Waals surface area contributed by atoms with Crippen LogP contribution in [0.25, 0.3) is 11.0 Å². The van der Waals surface area contributed by atoms with E-state index in [4.69, 9.17) is 9.78 Å². The van der Waals surface area contributed by atoms with Crippen molar-refractivity contribution in [1.29, 1.82) is 5.26 Å². The molecule has 0 saturated carbocycles. The number of fused-ring (bicyclic) bond motifs is 1. The van der Waals surface area contributed by atoms with Crippen LogP contribution >= 0.6 is 0 Å². The first-order chi connectivity index (χ1) is 9.36. The number of aromatic nitrogens is 1. The lowest BCUT2D eigenvalue weighted by Crippen LogP contribution is -1.98. The van der Waals surface area contributed by atoms with Crippen molar-refractivity contribution in [2.24, 2.45) is 0 Å². The van der Waals surface area contributed by atoms with Crippen LogP contribution in [-0.2, 0) is 6.54 Å². The van der Waals surface area contributed by atoms with Crippen molar-refractivity contribution in [1.82, 2.24) is 5.16 Å². The topological polar surface area (TPSA) is 61.9 Å². The summed E-state index contributed by atoms with van der Waals surface area (Å²) in [5.41, 5.74) is 3.09. The Balaban J connectivity index is 1.81. The van der Waals surface area contributed by atoms with Gasteiger partial charge in [0.1, 0.15) is 6.07 Å². The summed E-state index contributed by atoms with van der Waals surface area (Å²) in [4.78, 5) is 0. The largest absolute Gasteiger partial charge is 0.381 e. The zero-order valence-electron chi connectivity index (χ0n) is 10.1. The van der Waals surface area contributed by atoms with Gasteiger partial charge in [0, 0.05) is 18.3 Å². The number of nitrogens with one attached hydrogen (secondary N) is 1. The first-order valence-electron chi connectivity index (χ1n) is 5.94. The minimum absolute atomic E-state index is 0.324. The predicted molar refractivity (Wildman–Crippen MR) is 72.5 cm³/mol. The molecule has 4 nitrogen and oxygen atoms in total. The fourth-order valence-electron chi connectivity index (χ4n) is 1.93. The molecule has 0 unspecified atom stereocenters. The second-order valence-corrected chi connectivity index (χ2v) is 4.19. The van der Waals surface area contributed by atoms with Crippen molar-refractivity contribution in [3.05, 3.63) is 59.8 Å². The van der Waals surface area contributed by atoms with E-state index in [1.54, 1.807) is 0 Å². The van der Waals surface area contributed by atoms with Gasteiger partial charge in [-0.1, -0.05) is 35.5 Å². The molecule has 3 rings (SSSR count). The second-order valence-electron chi connectivity index (χ2n) is 4.19. The van der Waals surface area contributed by atoms with E-state index in [2.05, 4.69) is 22.6 Å². The first kappa shape index (κ1) is 11.3. The fraction of sp³-hybridized carbons (Fsp3) is 0.0667. The van der Waals surface area contributed by atoms with Crippen molar-refractivity contribution in [3.8, 4) is 6.07 Å². The number of hydrogen-bond acceptors (Lipinski definition) is 4. The molecule has 1 N–H and O–H groups in total. The van der Waals surface area contributed by atoms with Gasteiger partial charge in [0.05, 0.1) is 5.39 Å². The van der Waals surface area contributed by atoms with E-state index >= 15 is 0 Å². The van der Waals surface area contributed by atoms with Gasteiger partial charge in [-0.15, -0.1) is 0 Å². The highest BCUT2D eigenvalue weighted by atomic mass is 16.5. The summed E-state index contributed by atoms with van der Waals surface area (Å²) in [5.74, 6) is 0. The molecule has 0 radical (unpaired) electrons. The Labute approximate surface area is 110 Å². The Morgan fingerprint density at radius 1 is 1.16 bits per heavy atom. The SMILES string of the molecule is N#Cc1noc2cc(NCc3ccccc3)ccc12. The van der Waals surface area contributed by atoms with Crippen LogP contribution in [0.15, 0.2) is 53.1 Å². The molecule has 92 valence electrons. The molecule has 0 amide bonds. The smallest absolute Gasteiger partial charge is 0.191 e. The van der Waals surface area contributed by atoms with E-state index < -0.39 is 0 Å². The van der Waals surface area contributed by atoms with Crippen LogP contribution in [0.4, 0.5) is 5.69 Å². The predicted octanol–water partition coefficient (Wildman–Crippen LogP) is 3.31. The Morgan fingerprint density at radius 2 is 2.00 bits per heavy atom. The van der Waals surface area contributed by atoms with Crippen LogP contribution in [0.5, 0.6) is 0 Å². The molecule has 0 atom stereocenters. The normalized spacial score (nSPS) is 10.3. The van der Waals surface area contributed by atoms with Crippen molar-refractivity contribution in [2.45, 2.75) is 6.54 Å². The van der Waals surface area contributed by atoms with Gasteiger partial charge in [0.25, 0.3) is 0 Å². The highest BCUT2D eigenvalue weighted by Crippen LogP contribution is 2.22. The highest BCUT2D eigenvalue weighted by Gasteiger charge is 2.07. The van der Waals surface area contributed by atoms with Gasteiger partial charge >= 0.3 is 0 Å². The first-order valence-corrected chi connectivity index (χ1v) is 5.94. The average molecular weight is 249 g/mol. The third-order valence-electron chi connectivity index (χ3n) is 2.92. The minimum atomic E-state index is 0.324. The molecule has 4 heteroatoms. The Hall–Kier alpha value is -2.80. The van der Waals surface area contributed by atoms with Crippen molar-refractivity contribution < 1.29 is 4.52 Å². The summed E-state index contributed by atoms with van der Waals surface area (Å²) in [6.07, 6.45) is 0. The van der Waals surface area contributed by atoms with Crippen molar-refractivity contribution in [2.75, 3.05) is 5.32 Å². The molecule has 0 aliphatic carbocycles. The van der Waals surface area contributed by atoms with E-state index in [0.29, 0.717) is 11.3 Å². The number of benzene rings is 2. The lowest BCUT2D eigenvalue weighted by atomic mass is 10.2. The van der Waals surface area contributed by atoms with E-state index in [1.807, 2.05) is 42.5 Å². The maximum Gasteiger partial charge on any atom is 0.191 e. The average Bonchev–Trinajstić information content (AvgIpc) is 2.88. The van der Waals surface area contributed by atoms with Crippen LogP contribution in [0.1, 0.15) is 11.3 Å². The van der Waals surface area contributed by atoms with E-state index in [0.717, 1.165) is 17.6 Å². The van der Waals surface area contributed by atoms with Gasteiger partial charge in [-0.2, -0.15) is 5.26 Å². The van der Waals surface area contributed by atoms with Gasteiger partial charge in [-0.05, 0) is 17.7 Å². The molecule has 0 fully saturated rings. The third kappa shape index (κ3) is 2.26. The van der Waals surface area contributed by atoms with Crippen LogP contribution in [-0.4, -0.2) is 5.16 Å². The molecule has 2 aromatic carbocycles. The van der Waals surface area contributed by atoms with E-state index in [9.17, 15) is 0 Å². The third-order valence-corrected chi connectivity index (χ3v) is 2.92. The molecular weight excluding hydrogens is 238 g/mol. The molecule has 0 saturated heterocycles. The second kappa shape index (κ2) is 4.83. The highest BCUT2D eigenvalue weighted by molar-refractivity contribution is 5.84. The lowest BCUT2D eigenvalue weighted by Gasteiger charge is -2.05. The van der Waals surface area contributed by atoms with E-state index in [1.165, 1.54) is 5.56 Å². The summed E-state index contributed by atoms with van der Waals surface area (Å²) in [5, 5.41) is 16.6. The monoisotopic (exact) mass is 249 g/mol. The van der Waals surface area contributed by atoms with Crippen molar-refractivity contribution >= 4 is 16.7 Å². The van der Waals surface area contributed by atoms with Gasteiger partial charge in [0.2, 0.25) is 0 Å². The van der Waals surface area contributed by atoms with Crippen LogP contribution < -0.4 is 5.32 Å². The minimum Gasteiger partial charge on any atom is -0.381 e. The molecule has 3 aromatic rings. The summed E-state index contributed by atoms with van der Waals surface area (Å²) in [6.45, 7) is 0.742.